The fraction of sp³-hybridized carbons (Fsp3) is 0.250. The molecule has 0 saturated heterocycles. The number of ether oxygens (including phenoxy) is 2. The van der Waals surface area contributed by atoms with E-state index in [9.17, 15) is 4.39 Å². The Morgan fingerprint density at radius 1 is 1.14 bits per heavy atom. The maximum Gasteiger partial charge on any atom is 0.141 e. The topological polar surface area (TPSA) is 44.5 Å². The van der Waals surface area contributed by atoms with E-state index in [0.717, 1.165) is 11.1 Å². The summed E-state index contributed by atoms with van der Waals surface area (Å²) in [6.07, 6.45) is 0.517. The van der Waals surface area contributed by atoms with Gasteiger partial charge < -0.3 is 15.2 Å². The predicted octanol–water partition coefficient (Wildman–Crippen LogP) is 3.74. The van der Waals surface area contributed by atoms with Crippen molar-refractivity contribution in [2.75, 3.05) is 14.2 Å². The zero-order chi connectivity index (χ0) is 15.4. The standard InChI is InChI=1S/C16H17ClFNO2/c1-20-11-4-6-16(21-2)12(9-11)15(19)8-10-3-5-14(18)13(17)7-10/h3-7,9,15H,8,19H2,1-2H3. The van der Waals surface area contributed by atoms with Gasteiger partial charge in [0.2, 0.25) is 0 Å². The molecule has 0 aliphatic rings. The maximum atomic E-state index is 13.2. The molecule has 0 amide bonds. The van der Waals surface area contributed by atoms with Gasteiger partial charge in [0.25, 0.3) is 0 Å². The van der Waals surface area contributed by atoms with Gasteiger partial charge in [-0.2, -0.15) is 0 Å². The van der Waals surface area contributed by atoms with Crippen LogP contribution in [0.2, 0.25) is 5.02 Å². The van der Waals surface area contributed by atoms with E-state index in [2.05, 4.69) is 0 Å². The third-order valence-corrected chi connectivity index (χ3v) is 3.57. The summed E-state index contributed by atoms with van der Waals surface area (Å²) in [6.45, 7) is 0. The molecule has 2 rings (SSSR count). The first kappa shape index (κ1) is 15.6. The smallest absolute Gasteiger partial charge is 0.141 e. The van der Waals surface area contributed by atoms with Crippen molar-refractivity contribution in [1.29, 1.82) is 0 Å². The van der Waals surface area contributed by atoms with Gasteiger partial charge in [-0.1, -0.05) is 17.7 Å². The molecule has 0 spiro atoms. The van der Waals surface area contributed by atoms with E-state index in [0.29, 0.717) is 17.9 Å². The molecule has 0 radical (unpaired) electrons. The van der Waals surface area contributed by atoms with Gasteiger partial charge in [0, 0.05) is 11.6 Å². The Balaban J connectivity index is 2.26. The van der Waals surface area contributed by atoms with Crippen LogP contribution in [0.25, 0.3) is 0 Å². The van der Waals surface area contributed by atoms with Crippen molar-refractivity contribution >= 4 is 11.6 Å². The molecule has 0 aromatic heterocycles. The molecular formula is C16H17ClFNO2. The lowest BCUT2D eigenvalue weighted by atomic mass is 9.98. The van der Waals surface area contributed by atoms with Crippen molar-refractivity contribution in [3.05, 3.63) is 58.4 Å². The van der Waals surface area contributed by atoms with Gasteiger partial charge in [-0.15, -0.1) is 0 Å². The van der Waals surface area contributed by atoms with E-state index in [1.165, 1.54) is 6.07 Å². The molecule has 0 heterocycles. The minimum atomic E-state index is -0.437. The average molecular weight is 310 g/mol. The van der Waals surface area contributed by atoms with Crippen molar-refractivity contribution in [2.45, 2.75) is 12.5 Å². The van der Waals surface area contributed by atoms with Crippen LogP contribution in [0.3, 0.4) is 0 Å². The van der Waals surface area contributed by atoms with Gasteiger partial charge in [0.05, 0.1) is 19.2 Å². The number of methoxy groups -OCH3 is 2. The van der Waals surface area contributed by atoms with Crippen molar-refractivity contribution in [3.63, 3.8) is 0 Å². The molecule has 21 heavy (non-hydrogen) atoms. The Hall–Kier alpha value is -1.78. The number of hydrogen-bond acceptors (Lipinski definition) is 3. The molecule has 0 aliphatic heterocycles. The van der Waals surface area contributed by atoms with Crippen LogP contribution in [0.15, 0.2) is 36.4 Å². The van der Waals surface area contributed by atoms with Gasteiger partial charge >= 0.3 is 0 Å². The molecule has 0 fully saturated rings. The Kier molecular flexibility index (Phi) is 5.04. The fourth-order valence-corrected chi connectivity index (χ4v) is 2.36. The van der Waals surface area contributed by atoms with E-state index in [4.69, 9.17) is 26.8 Å². The lowest BCUT2D eigenvalue weighted by molar-refractivity contribution is 0.395. The number of hydrogen-bond donors (Lipinski definition) is 1. The first-order valence-electron chi connectivity index (χ1n) is 6.46. The summed E-state index contributed by atoms with van der Waals surface area (Å²) in [7, 11) is 3.18. The number of halogens is 2. The van der Waals surface area contributed by atoms with Gasteiger partial charge in [-0.05, 0) is 42.3 Å². The number of nitrogens with two attached hydrogens (primary N) is 1. The minimum absolute atomic E-state index is 0.0947. The number of benzene rings is 2. The maximum absolute atomic E-state index is 13.2. The van der Waals surface area contributed by atoms with Crippen molar-refractivity contribution in [3.8, 4) is 11.5 Å². The van der Waals surface area contributed by atoms with Gasteiger partial charge in [0.15, 0.2) is 0 Å². The van der Waals surface area contributed by atoms with E-state index in [-0.39, 0.29) is 11.1 Å². The van der Waals surface area contributed by atoms with E-state index < -0.39 is 5.82 Å². The Morgan fingerprint density at radius 3 is 2.52 bits per heavy atom. The summed E-state index contributed by atoms with van der Waals surface area (Å²) in [5.41, 5.74) is 7.93. The van der Waals surface area contributed by atoms with E-state index in [1.54, 1.807) is 26.4 Å². The molecule has 2 aromatic rings. The highest BCUT2D eigenvalue weighted by Crippen LogP contribution is 2.30. The summed E-state index contributed by atoms with van der Waals surface area (Å²) in [6, 6.07) is 9.76. The van der Waals surface area contributed by atoms with Gasteiger partial charge in [-0.3, -0.25) is 0 Å². The minimum Gasteiger partial charge on any atom is -0.497 e. The first-order chi connectivity index (χ1) is 10.0. The van der Waals surface area contributed by atoms with E-state index >= 15 is 0 Å². The van der Waals surface area contributed by atoms with Crippen molar-refractivity contribution in [2.24, 2.45) is 5.73 Å². The largest absolute Gasteiger partial charge is 0.497 e. The summed E-state index contributed by atoms with van der Waals surface area (Å²) in [5.74, 6) is 0.961. The molecule has 2 N–H and O–H groups in total. The molecule has 1 unspecified atom stereocenters. The summed E-state index contributed by atoms with van der Waals surface area (Å²) < 4.78 is 23.7. The highest BCUT2D eigenvalue weighted by atomic mass is 35.5. The van der Waals surface area contributed by atoms with Crippen LogP contribution in [0, 0.1) is 5.82 Å². The lowest BCUT2D eigenvalue weighted by Crippen LogP contribution is -2.14. The quantitative estimate of drug-likeness (QED) is 0.915. The highest BCUT2D eigenvalue weighted by molar-refractivity contribution is 6.30. The summed E-state index contributed by atoms with van der Waals surface area (Å²) in [5, 5.41) is 0.0947. The molecule has 5 heteroatoms. The van der Waals surface area contributed by atoms with Crippen LogP contribution in [0.5, 0.6) is 11.5 Å². The SMILES string of the molecule is COc1ccc(OC)c(C(N)Cc2ccc(F)c(Cl)c2)c1. The molecule has 2 aromatic carbocycles. The van der Waals surface area contributed by atoms with Gasteiger partial charge in [-0.25, -0.2) is 4.39 Å². The van der Waals surface area contributed by atoms with Crippen LogP contribution in [0.4, 0.5) is 4.39 Å². The van der Waals surface area contributed by atoms with Crippen molar-refractivity contribution < 1.29 is 13.9 Å². The second kappa shape index (κ2) is 6.78. The van der Waals surface area contributed by atoms with Crippen LogP contribution in [-0.2, 0) is 6.42 Å². The zero-order valence-electron chi connectivity index (χ0n) is 11.9. The molecule has 0 aliphatic carbocycles. The van der Waals surface area contributed by atoms with Crippen LogP contribution >= 0.6 is 11.6 Å². The Morgan fingerprint density at radius 2 is 1.90 bits per heavy atom. The lowest BCUT2D eigenvalue weighted by Gasteiger charge is -2.17. The summed E-state index contributed by atoms with van der Waals surface area (Å²) in [4.78, 5) is 0. The third-order valence-electron chi connectivity index (χ3n) is 3.28. The number of rotatable bonds is 5. The van der Waals surface area contributed by atoms with E-state index in [1.807, 2.05) is 18.2 Å². The predicted molar refractivity (Wildman–Crippen MR) is 81.6 cm³/mol. The molecule has 112 valence electrons. The monoisotopic (exact) mass is 309 g/mol. The first-order valence-corrected chi connectivity index (χ1v) is 6.84. The van der Waals surface area contributed by atoms with Crippen molar-refractivity contribution in [1.82, 2.24) is 0 Å². The van der Waals surface area contributed by atoms with Gasteiger partial charge in [0.1, 0.15) is 17.3 Å². The second-order valence-corrected chi connectivity index (χ2v) is 5.07. The molecule has 3 nitrogen and oxygen atoms in total. The molecule has 0 saturated carbocycles. The molecular weight excluding hydrogens is 293 g/mol. The van der Waals surface area contributed by atoms with Crippen LogP contribution in [0.1, 0.15) is 17.2 Å². The Bertz CT molecular complexity index is 634. The second-order valence-electron chi connectivity index (χ2n) is 4.67. The highest BCUT2D eigenvalue weighted by Gasteiger charge is 2.14. The zero-order valence-corrected chi connectivity index (χ0v) is 12.7. The third kappa shape index (κ3) is 3.65. The fourth-order valence-electron chi connectivity index (χ4n) is 2.16. The van der Waals surface area contributed by atoms with Crippen LogP contribution < -0.4 is 15.2 Å². The summed E-state index contributed by atoms with van der Waals surface area (Å²) >= 11 is 5.79. The molecule has 0 bridgehead atoms. The van der Waals surface area contributed by atoms with Crippen LogP contribution in [-0.4, -0.2) is 14.2 Å². The normalized spacial score (nSPS) is 12.0. The molecule has 1 atom stereocenters. The average Bonchev–Trinajstić information content (AvgIpc) is 2.50. The Labute approximate surface area is 128 Å².